The van der Waals surface area contributed by atoms with Gasteiger partial charge in [0.05, 0.1) is 18.2 Å². The molecule has 0 saturated heterocycles. The molecule has 140 valence electrons. The number of hydrogen-bond acceptors (Lipinski definition) is 5. The Balaban J connectivity index is 1.44. The van der Waals surface area contributed by atoms with Gasteiger partial charge in [0.1, 0.15) is 15.8 Å². The molecule has 1 fully saturated rings. The number of amides is 1. The molecule has 1 saturated carbocycles. The Labute approximate surface area is 162 Å². The van der Waals surface area contributed by atoms with Crippen LogP contribution in [-0.4, -0.2) is 25.9 Å². The summed E-state index contributed by atoms with van der Waals surface area (Å²) in [7, 11) is 0. The zero-order valence-electron chi connectivity index (χ0n) is 15.4. The molecule has 1 aliphatic rings. The molecule has 1 amide bonds. The molecule has 27 heavy (non-hydrogen) atoms. The van der Waals surface area contributed by atoms with Crippen LogP contribution in [0.3, 0.4) is 0 Å². The first-order valence-electron chi connectivity index (χ1n) is 9.43. The average Bonchev–Trinajstić information content (AvgIpc) is 3.29. The van der Waals surface area contributed by atoms with E-state index in [-0.39, 0.29) is 12.3 Å². The highest BCUT2D eigenvalue weighted by Crippen LogP contribution is 2.30. The quantitative estimate of drug-likeness (QED) is 0.711. The molecule has 0 aliphatic heterocycles. The van der Waals surface area contributed by atoms with Crippen molar-refractivity contribution in [3.63, 3.8) is 0 Å². The second-order valence-electron chi connectivity index (χ2n) is 7.00. The van der Waals surface area contributed by atoms with Gasteiger partial charge < -0.3 is 5.32 Å². The number of anilines is 1. The number of aromatic nitrogens is 4. The second-order valence-corrected chi connectivity index (χ2v) is 8.06. The summed E-state index contributed by atoms with van der Waals surface area (Å²) in [5.41, 5.74) is 1.95. The van der Waals surface area contributed by atoms with Crippen molar-refractivity contribution in [2.45, 2.75) is 51.5 Å². The topological polar surface area (TPSA) is 72.7 Å². The molecule has 0 bridgehead atoms. The third-order valence-corrected chi connectivity index (χ3v) is 5.82. The van der Waals surface area contributed by atoms with E-state index >= 15 is 0 Å². The van der Waals surface area contributed by atoms with Crippen LogP contribution in [0, 0.1) is 6.92 Å². The van der Waals surface area contributed by atoms with Gasteiger partial charge in [-0.15, -0.1) is 10.2 Å². The molecule has 0 atom stereocenters. The van der Waals surface area contributed by atoms with E-state index in [1.54, 1.807) is 0 Å². The predicted octanol–water partition coefficient (Wildman–Crippen LogP) is 4.40. The van der Waals surface area contributed by atoms with Crippen LogP contribution in [0.4, 0.5) is 5.82 Å². The minimum atomic E-state index is -0.0808. The zero-order valence-corrected chi connectivity index (χ0v) is 16.2. The summed E-state index contributed by atoms with van der Waals surface area (Å²) in [6, 6.07) is 12.2. The molecule has 2 aromatic heterocycles. The van der Waals surface area contributed by atoms with E-state index in [4.69, 9.17) is 0 Å². The monoisotopic (exact) mass is 381 g/mol. The number of carbonyl (C=O) groups excluding carboxylic acids is 1. The van der Waals surface area contributed by atoms with Crippen LogP contribution in [0.15, 0.2) is 36.4 Å². The molecule has 3 aromatic rings. The second kappa shape index (κ2) is 8.00. The fourth-order valence-electron chi connectivity index (χ4n) is 3.56. The van der Waals surface area contributed by atoms with Crippen molar-refractivity contribution >= 4 is 23.1 Å². The Morgan fingerprint density at radius 3 is 2.74 bits per heavy atom. The van der Waals surface area contributed by atoms with Gasteiger partial charge in [0, 0.05) is 11.6 Å². The Morgan fingerprint density at radius 1 is 1.19 bits per heavy atom. The van der Waals surface area contributed by atoms with Gasteiger partial charge in [-0.2, -0.15) is 5.10 Å². The Bertz CT molecular complexity index is 912. The number of benzene rings is 1. The minimum Gasteiger partial charge on any atom is -0.311 e. The largest absolute Gasteiger partial charge is 0.311 e. The standard InChI is InChI=1S/C20H23N5OS/c1-14-12-17(25(24-14)16-10-6-3-7-11-16)21-18(26)13-19-22-23-20(27-19)15-8-4-2-5-9-15/h2,4-5,8-9,12,16H,3,6-7,10-11,13H2,1H3,(H,21,26). The lowest BCUT2D eigenvalue weighted by Crippen LogP contribution is -2.21. The van der Waals surface area contributed by atoms with Gasteiger partial charge in [-0.1, -0.05) is 60.9 Å². The summed E-state index contributed by atoms with van der Waals surface area (Å²) in [6.45, 7) is 1.96. The van der Waals surface area contributed by atoms with Crippen LogP contribution in [0.25, 0.3) is 10.6 Å². The van der Waals surface area contributed by atoms with Crippen LogP contribution < -0.4 is 5.32 Å². The van der Waals surface area contributed by atoms with Gasteiger partial charge in [0.25, 0.3) is 0 Å². The van der Waals surface area contributed by atoms with Gasteiger partial charge in [-0.05, 0) is 19.8 Å². The average molecular weight is 382 g/mol. The first-order valence-corrected chi connectivity index (χ1v) is 10.2. The third kappa shape index (κ3) is 4.24. The maximum absolute atomic E-state index is 12.6. The van der Waals surface area contributed by atoms with Crippen molar-refractivity contribution in [3.05, 3.63) is 47.1 Å². The summed E-state index contributed by atoms with van der Waals surface area (Å²) >= 11 is 1.46. The van der Waals surface area contributed by atoms with E-state index in [2.05, 4.69) is 20.6 Å². The predicted molar refractivity (Wildman–Crippen MR) is 107 cm³/mol. The fourth-order valence-corrected chi connectivity index (χ4v) is 4.40. The highest BCUT2D eigenvalue weighted by atomic mass is 32.1. The van der Waals surface area contributed by atoms with Crippen molar-refractivity contribution in [3.8, 4) is 10.6 Å². The Kier molecular flexibility index (Phi) is 5.29. The molecule has 6 nitrogen and oxygen atoms in total. The molecular weight excluding hydrogens is 358 g/mol. The molecule has 0 unspecified atom stereocenters. The van der Waals surface area contributed by atoms with Crippen molar-refractivity contribution in [2.24, 2.45) is 0 Å². The number of nitrogens with one attached hydrogen (secondary N) is 1. The number of carbonyl (C=O) groups is 1. The van der Waals surface area contributed by atoms with Gasteiger partial charge >= 0.3 is 0 Å². The van der Waals surface area contributed by atoms with Crippen molar-refractivity contribution in [2.75, 3.05) is 5.32 Å². The van der Waals surface area contributed by atoms with Crippen LogP contribution in [0.5, 0.6) is 0 Å². The Morgan fingerprint density at radius 2 is 1.96 bits per heavy atom. The normalized spacial score (nSPS) is 15.0. The van der Waals surface area contributed by atoms with Crippen molar-refractivity contribution < 1.29 is 4.79 Å². The summed E-state index contributed by atoms with van der Waals surface area (Å²) < 4.78 is 2.00. The fraction of sp³-hybridized carbons (Fsp3) is 0.400. The number of nitrogens with zero attached hydrogens (tertiary/aromatic N) is 4. The first kappa shape index (κ1) is 17.9. The van der Waals surface area contributed by atoms with Gasteiger partial charge in [-0.3, -0.25) is 4.79 Å². The first-order chi connectivity index (χ1) is 13.2. The van der Waals surface area contributed by atoms with Gasteiger partial charge in [0.15, 0.2) is 0 Å². The molecule has 7 heteroatoms. The zero-order chi connectivity index (χ0) is 18.6. The third-order valence-electron chi connectivity index (χ3n) is 4.85. The van der Waals surface area contributed by atoms with Crippen LogP contribution in [-0.2, 0) is 11.2 Å². The van der Waals surface area contributed by atoms with E-state index in [1.165, 1.54) is 30.6 Å². The Hall–Kier alpha value is -2.54. The molecule has 0 radical (unpaired) electrons. The molecule has 1 aliphatic carbocycles. The molecule has 2 heterocycles. The van der Waals surface area contributed by atoms with E-state index in [9.17, 15) is 4.79 Å². The minimum absolute atomic E-state index is 0.0808. The van der Waals surface area contributed by atoms with Crippen LogP contribution in [0.2, 0.25) is 0 Å². The highest BCUT2D eigenvalue weighted by molar-refractivity contribution is 7.14. The summed E-state index contributed by atoms with van der Waals surface area (Å²) in [5.74, 6) is 0.708. The maximum atomic E-state index is 12.6. The smallest absolute Gasteiger partial charge is 0.232 e. The van der Waals surface area contributed by atoms with Crippen molar-refractivity contribution in [1.29, 1.82) is 0 Å². The van der Waals surface area contributed by atoms with E-state index in [0.29, 0.717) is 11.0 Å². The lowest BCUT2D eigenvalue weighted by molar-refractivity contribution is -0.115. The SMILES string of the molecule is Cc1cc(NC(=O)Cc2nnc(-c3ccccc3)s2)n(C2CCCCC2)n1. The van der Waals surface area contributed by atoms with Gasteiger partial charge in [-0.25, -0.2) is 4.68 Å². The van der Waals surface area contributed by atoms with E-state index in [1.807, 2.05) is 48.0 Å². The number of rotatable bonds is 5. The lowest BCUT2D eigenvalue weighted by atomic mass is 9.96. The summed E-state index contributed by atoms with van der Waals surface area (Å²) in [5, 5.41) is 17.6. The maximum Gasteiger partial charge on any atom is 0.232 e. The summed E-state index contributed by atoms with van der Waals surface area (Å²) in [6.07, 6.45) is 6.22. The van der Waals surface area contributed by atoms with Crippen LogP contribution >= 0.6 is 11.3 Å². The van der Waals surface area contributed by atoms with E-state index in [0.717, 1.165) is 34.9 Å². The molecule has 1 aromatic carbocycles. The molecule has 1 N–H and O–H groups in total. The molecule has 4 rings (SSSR count). The van der Waals surface area contributed by atoms with Crippen molar-refractivity contribution in [1.82, 2.24) is 20.0 Å². The van der Waals surface area contributed by atoms with Gasteiger partial charge in [0.2, 0.25) is 5.91 Å². The number of aryl methyl sites for hydroxylation is 1. The van der Waals surface area contributed by atoms with E-state index < -0.39 is 0 Å². The molecule has 0 spiro atoms. The highest BCUT2D eigenvalue weighted by Gasteiger charge is 2.20. The lowest BCUT2D eigenvalue weighted by Gasteiger charge is -2.23. The van der Waals surface area contributed by atoms with Crippen LogP contribution in [0.1, 0.15) is 48.8 Å². The number of hydrogen-bond donors (Lipinski definition) is 1. The molecular formula is C20H23N5OS. The summed E-state index contributed by atoms with van der Waals surface area (Å²) in [4.78, 5) is 12.6.